The lowest BCUT2D eigenvalue weighted by atomic mass is 10.2. The molecule has 0 atom stereocenters. The Bertz CT molecular complexity index is 491. The van der Waals surface area contributed by atoms with Gasteiger partial charge < -0.3 is 10.4 Å². The van der Waals surface area contributed by atoms with Crippen LogP contribution in [0, 0.1) is 0 Å². The topological polar surface area (TPSA) is 50.1 Å². The Morgan fingerprint density at radius 3 is 2.88 bits per heavy atom. The van der Waals surface area contributed by atoms with Gasteiger partial charge in [-0.2, -0.15) is 5.10 Å². The Kier molecular flexibility index (Phi) is 3.32. The lowest BCUT2D eigenvalue weighted by Crippen LogP contribution is -2.09. The van der Waals surface area contributed by atoms with E-state index in [-0.39, 0.29) is 0 Å². The maximum atomic E-state index is 9.37. The van der Waals surface area contributed by atoms with Gasteiger partial charge >= 0.3 is 0 Å². The zero-order valence-corrected chi connectivity index (χ0v) is 10.1. The van der Waals surface area contributed by atoms with Crippen molar-refractivity contribution in [3.63, 3.8) is 0 Å². The number of phenolic OH excluding ortho intramolecular Hbond substituents is 1. The van der Waals surface area contributed by atoms with Crippen molar-refractivity contribution in [2.45, 2.75) is 26.4 Å². The third-order valence-corrected chi connectivity index (χ3v) is 2.54. The minimum atomic E-state index is 0.293. The molecule has 0 unspecified atom stereocenters. The van der Waals surface area contributed by atoms with Gasteiger partial charge in [-0.25, -0.2) is 4.68 Å². The molecule has 0 amide bonds. The van der Waals surface area contributed by atoms with Crippen molar-refractivity contribution in [2.75, 3.05) is 5.32 Å². The number of anilines is 1. The average molecular weight is 231 g/mol. The molecule has 1 aromatic heterocycles. The standard InChI is InChI=1S/C13H17N3O/c1-10(2)16-13(6-7-15-16)14-9-11-4-3-5-12(17)8-11/h3-8,10,14,17H,9H2,1-2H3. The van der Waals surface area contributed by atoms with E-state index in [1.54, 1.807) is 18.3 Å². The largest absolute Gasteiger partial charge is 0.508 e. The van der Waals surface area contributed by atoms with E-state index in [1.807, 2.05) is 22.9 Å². The summed E-state index contributed by atoms with van der Waals surface area (Å²) in [7, 11) is 0. The fourth-order valence-electron chi connectivity index (χ4n) is 1.72. The molecule has 2 N–H and O–H groups in total. The molecule has 0 aliphatic heterocycles. The number of phenols is 1. The zero-order valence-electron chi connectivity index (χ0n) is 10.1. The SMILES string of the molecule is CC(C)n1nccc1NCc1cccc(O)c1. The maximum absolute atomic E-state index is 9.37. The van der Waals surface area contributed by atoms with Crippen LogP contribution in [0.2, 0.25) is 0 Å². The Morgan fingerprint density at radius 2 is 2.18 bits per heavy atom. The van der Waals surface area contributed by atoms with Gasteiger partial charge in [0, 0.05) is 18.7 Å². The molecule has 2 aromatic rings. The molecule has 0 saturated carbocycles. The quantitative estimate of drug-likeness (QED) is 0.850. The molecule has 0 spiro atoms. The van der Waals surface area contributed by atoms with E-state index in [4.69, 9.17) is 0 Å². The van der Waals surface area contributed by atoms with E-state index in [1.165, 1.54) is 0 Å². The molecule has 0 fully saturated rings. The number of rotatable bonds is 4. The summed E-state index contributed by atoms with van der Waals surface area (Å²) in [5.74, 6) is 1.28. The van der Waals surface area contributed by atoms with Gasteiger partial charge in [0.1, 0.15) is 11.6 Å². The first-order valence-corrected chi connectivity index (χ1v) is 5.72. The highest BCUT2D eigenvalue weighted by Gasteiger charge is 2.05. The summed E-state index contributed by atoms with van der Waals surface area (Å²) >= 11 is 0. The highest BCUT2D eigenvalue weighted by atomic mass is 16.3. The first kappa shape index (κ1) is 11.5. The molecule has 4 nitrogen and oxygen atoms in total. The fraction of sp³-hybridized carbons (Fsp3) is 0.308. The Balaban J connectivity index is 2.05. The summed E-state index contributed by atoms with van der Waals surface area (Å²) < 4.78 is 1.93. The van der Waals surface area contributed by atoms with Crippen molar-refractivity contribution in [3.05, 3.63) is 42.1 Å². The maximum Gasteiger partial charge on any atom is 0.124 e. The molecule has 1 aromatic carbocycles. The molecule has 0 saturated heterocycles. The predicted molar refractivity (Wildman–Crippen MR) is 68.0 cm³/mol. The second kappa shape index (κ2) is 4.91. The van der Waals surface area contributed by atoms with E-state index in [9.17, 15) is 5.11 Å². The molecule has 90 valence electrons. The summed E-state index contributed by atoms with van der Waals surface area (Å²) in [5, 5.41) is 16.9. The monoisotopic (exact) mass is 231 g/mol. The van der Waals surface area contributed by atoms with Crippen LogP contribution in [0.5, 0.6) is 5.75 Å². The van der Waals surface area contributed by atoms with Crippen LogP contribution in [-0.4, -0.2) is 14.9 Å². The van der Waals surface area contributed by atoms with Crippen LogP contribution < -0.4 is 5.32 Å². The molecule has 0 aliphatic carbocycles. The van der Waals surface area contributed by atoms with Crippen LogP contribution >= 0.6 is 0 Å². The molecule has 0 radical (unpaired) electrons. The molecule has 0 aliphatic rings. The molecule has 1 heterocycles. The highest BCUT2D eigenvalue weighted by Crippen LogP contribution is 2.16. The van der Waals surface area contributed by atoms with Gasteiger partial charge in [0.05, 0.1) is 6.20 Å². The summed E-state index contributed by atoms with van der Waals surface area (Å²) in [6.07, 6.45) is 1.78. The van der Waals surface area contributed by atoms with Gasteiger partial charge in [-0.15, -0.1) is 0 Å². The average Bonchev–Trinajstić information content (AvgIpc) is 2.74. The summed E-state index contributed by atoms with van der Waals surface area (Å²) in [6.45, 7) is 4.85. The smallest absolute Gasteiger partial charge is 0.124 e. The lowest BCUT2D eigenvalue weighted by molar-refractivity contribution is 0.474. The number of nitrogens with one attached hydrogen (secondary N) is 1. The van der Waals surface area contributed by atoms with Crippen LogP contribution in [0.4, 0.5) is 5.82 Å². The Labute approximate surface area is 101 Å². The van der Waals surface area contributed by atoms with Crippen molar-refractivity contribution < 1.29 is 5.11 Å². The second-order valence-electron chi connectivity index (χ2n) is 4.28. The Morgan fingerprint density at radius 1 is 1.35 bits per heavy atom. The second-order valence-corrected chi connectivity index (χ2v) is 4.28. The number of aromatic nitrogens is 2. The summed E-state index contributed by atoms with van der Waals surface area (Å²) in [6, 6.07) is 9.51. The van der Waals surface area contributed by atoms with Gasteiger partial charge in [0.2, 0.25) is 0 Å². The minimum Gasteiger partial charge on any atom is -0.508 e. The van der Waals surface area contributed by atoms with Gasteiger partial charge in [-0.1, -0.05) is 12.1 Å². The van der Waals surface area contributed by atoms with Crippen LogP contribution in [0.1, 0.15) is 25.5 Å². The highest BCUT2D eigenvalue weighted by molar-refractivity contribution is 5.37. The molecule has 0 bridgehead atoms. The fourth-order valence-corrected chi connectivity index (χ4v) is 1.72. The van der Waals surface area contributed by atoms with Crippen molar-refractivity contribution in [2.24, 2.45) is 0 Å². The van der Waals surface area contributed by atoms with Crippen LogP contribution in [0.3, 0.4) is 0 Å². The predicted octanol–water partition coefficient (Wildman–Crippen LogP) is 2.78. The minimum absolute atomic E-state index is 0.293. The van der Waals surface area contributed by atoms with Crippen molar-refractivity contribution in [1.29, 1.82) is 0 Å². The van der Waals surface area contributed by atoms with Crippen LogP contribution in [-0.2, 0) is 6.54 Å². The normalized spacial score (nSPS) is 10.8. The number of aromatic hydroxyl groups is 1. The number of benzene rings is 1. The summed E-state index contributed by atoms with van der Waals surface area (Å²) in [5.41, 5.74) is 1.04. The molecular weight excluding hydrogens is 214 g/mol. The van der Waals surface area contributed by atoms with Gasteiger partial charge in [-0.3, -0.25) is 0 Å². The lowest BCUT2D eigenvalue weighted by Gasteiger charge is -2.12. The van der Waals surface area contributed by atoms with E-state index in [0.29, 0.717) is 18.3 Å². The first-order chi connectivity index (χ1) is 8.16. The summed E-state index contributed by atoms with van der Waals surface area (Å²) in [4.78, 5) is 0. The first-order valence-electron chi connectivity index (χ1n) is 5.72. The Hall–Kier alpha value is -1.97. The molecule has 2 rings (SSSR count). The number of nitrogens with zero attached hydrogens (tertiary/aromatic N) is 2. The third kappa shape index (κ3) is 2.78. The molecular formula is C13H17N3O. The van der Waals surface area contributed by atoms with Crippen molar-refractivity contribution >= 4 is 5.82 Å². The molecule has 4 heteroatoms. The van der Waals surface area contributed by atoms with E-state index in [0.717, 1.165) is 11.4 Å². The number of hydrogen-bond donors (Lipinski definition) is 2. The van der Waals surface area contributed by atoms with E-state index >= 15 is 0 Å². The van der Waals surface area contributed by atoms with Gasteiger partial charge in [0.15, 0.2) is 0 Å². The van der Waals surface area contributed by atoms with E-state index < -0.39 is 0 Å². The van der Waals surface area contributed by atoms with Gasteiger partial charge in [0.25, 0.3) is 0 Å². The van der Waals surface area contributed by atoms with Crippen molar-refractivity contribution in [1.82, 2.24) is 9.78 Å². The number of hydrogen-bond acceptors (Lipinski definition) is 3. The molecule has 17 heavy (non-hydrogen) atoms. The third-order valence-electron chi connectivity index (χ3n) is 2.54. The van der Waals surface area contributed by atoms with Crippen LogP contribution in [0.15, 0.2) is 36.5 Å². The van der Waals surface area contributed by atoms with Crippen molar-refractivity contribution in [3.8, 4) is 5.75 Å². The van der Waals surface area contributed by atoms with Crippen LogP contribution in [0.25, 0.3) is 0 Å². The van der Waals surface area contributed by atoms with E-state index in [2.05, 4.69) is 24.3 Å². The zero-order chi connectivity index (χ0) is 12.3. The van der Waals surface area contributed by atoms with Gasteiger partial charge in [-0.05, 0) is 31.5 Å².